The van der Waals surface area contributed by atoms with Gasteiger partial charge >= 0.3 is 0 Å². The number of rotatable bonds is 4. The van der Waals surface area contributed by atoms with Crippen LogP contribution < -0.4 is 10.6 Å². The highest BCUT2D eigenvalue weighted by Crippen LogP contribution is 2.20. The van der Waals surface area contributed by atoms with Gasteiger partial charge in [-0.3, -0.25) is 4.79 Å². The SMILES string of the molecule is CC(=O)Nc1ccc(NCc2ccc(C)cc2Cl)cc1. The number of amides is 1. The predicted molar refractivity (Wildman–Crippen MR) is 84.3 cm³/mol. The highest BCUT2D eigenvalue weighted by molar-refractivity contribution is 6.31. The average Bonchev–Trinajstić information content (AvgIpc) is 2.39. The molecular weight excluding hydrogens is 272 g/mol. The summed E-state index contributed by atoms with van der Waals surface area (Å²) < 4.78 is 0. The van der Waals surface area contributed by atoms with Gasteiger partial charge in [-0.25, -0.2) is 0 Å². The Labute approximate surface area is 124 Å². The lowest BCUT2D eigenvalue weighted by Gasteiger charge is -2.09. The number of carbonyl (C=O) groups is 1. The fraction of sp³-hybridized carbons (Fsp3) is 0.188. The lowest BCUT2D eigenvalue weighted by Crippen LogP contribution is -2.05. The van der Waals surface area contributed by atoms with E-state index in [-0.39, 0.29) is 5.91 Å². The molecule has 0 heterocycles. The summed E-state index contributed by atoms with van der Waals surface area (Å²) in [6.45, 7) is 4.17. The molecule has 3 nitrogen and oxygen atoms in total. The smallest absolute Gasteiger partial charge is 0.221 e. The van der Waals surface area contributed by atoms with Crippen LogP contribution in [0.2, 0.25) is 5.02 Å². The van der Waals surface area contributed by atoms with Gasteiger partial charge in [0.15, 0.2) is 0 Å². The summed E-state index contributed by atoms with van der Waals surface area (Å²) in [7, 11) is 0. The minimum absolute atomic E-state index is 0.0721. The molecule has 0 saturated carbocycles. The normalized spacial score (nSPS) is 10.2. The Bertz CT molecular complexity index is 608. The van der Waals surface area contributed by atoms with Crippen molar-refractivity contribution in [2.75, 3.05) is 10.6 Å². The molecule has 0 radical (unpaired) electrons. The van der Waals surface area contributed by atoms with Gasteiger partial charge in [-0.2, -0.15) is 0 Å². The molecule has 0 fully saturated rings. The first-order valence-electron chi connectivity index (χ1n) is 6.41. The van der Waals surface area contributed by atoms with Crippen molar-refractivity contribution >= 4 is 28.9 Å². The first-order valence-corrected chi connectivity index (χ1v) is 6.79. The molecule has 1 amide bonds. The molecule has 0 aliphatic rings. The molecule has 104 valence electrons. The molecule has 2 aromatic rings. The van der Waals surface area contributed by atoms with E-state index < -0.39 is 0 Å². The van der Waals surface area contributed by atoms with Gasteiger partial charge in [0.1, 0.15) is 0 Å². The monoisotopic (exact) mass is 288 g/mol. The zero-order valence-electron chi connectivity index (χ0n) is 11.5. The summed E-state index contributed by atoms with van der Waals surface area (Å²) in [4.78, 5) is 10.9. The Morgan fingerprint density at radius 2 is 1.75 bits per heavy atom. The second-order valence-electron chi connectivity index (χ2n) is 4.71. The molecule has 0 atom stereocenters. The zero-order chi connectivity index (χ0) is 14.5. The molecular formula is C16H17ClN2O. The second-order valence-corrected chi connectivity index (χ2v) is 5.11. The maximum atomic E-state index is 10.9. The summed E-state index contributed by atoms with van der Waals surface area (Å²) in [5.74, 6) is -0.0721. The summed E-state index contributed by atoms with van der Waals surface area (Å²) in [6.07, 6.45) is 0. The van der Waals surface area contributed by atoms with Crippen LogP contribution in [0.1, 0.15) is 18.1 Å². The van der Waals surface area contributed by atoms with Crippen LogP contribution in [0.5, 0.6) is 0 Å². The molecule has 0 bridgehead atoms. The Morgan fingerprint density at radius 3 is 2.35 bits per heavy atom. The van der Waals surface area contributed by atoms with Gasteiger partial charge in [-0.05, 0) is 48.4 Å². The number of hydrogen-bond acceptors (Lipinski definition) is 2. The average molecular weight is 289 g/mol. The van der Waals surface area contributed by atoms with E-state index in [0.29, 0.717) is 6.54 Å². The highest BCUT2D eigenvalue weighted by Gasteiger charge is 2.01. The third kappa shape index (κ3) is 4.00. The third-order valence-electron chi connectivity index (χ3n) is 2.90. The predicted octanol–water partition coefficient (Wildman–Crippen LogP) is 4.22. The fourth-order valence-electron chi connectivity index (χ4n) is 1.87. The maximum absolute atomic E-state index is 10.9. The number of benzene rings is 2. The van der Waals surface area contributed by atoms with E-state index >= 15 is 0 Å². The van der Waals surface area contributed by atoms with Crippen molar-refractivity contribution in [3.05, 3.63) is 58.6 Å². The molecule has 0 unspecified atom stereocenters. The summed E-state index contributed by atoms with van der Waals surface area (Å²) >= 11 is 6.19. The van der Waals surface area contributed by atoms with E-state index in [1.165, 1.54) is 6.92 Å². The first kappa shape index (κ1) is 14.4. The van der Waals surface area contributed by atoms with Crippen LogP contribution in [0, 0.1) is 6.92 Å². The zero-order valence-corrected chi connectivity index (χ0v) is 12.3. The molecule has 0 saturated heterocycles. The molecule has 2 N–H and O–H groups in total. The Morgan fingerprint density at radius 1 is 1.10 bits per heavy atom. The molecule has 0 spiro atoms. The van der Waals surface area contributed by atoms with Crippen molar-refractivity contribution in [2.24, 2.45) is 0 Å². The van der Waals surface area contributed by atoms with Crippen LogP contribution in [0.15, 0.2) is 42.5 Å². The minimum atomic E-state index is -0.0721. The van der Waals surface area contributed by atoms with Crippen LogP contribution in [0.3, 0.4) is 0 Å². The van der Waals surface area contributed by atoms with Crippen molar-refractivity contribution in [1.29, 1.82) is 0 Å². The Hall–Kier alpha value is -2.00. The third-order valence-corrected chi connectivity index (χ3v) is 3.25. The number of aryl methyl sites for hydroxylation is 1. The van der Waals surface area contributed by atoms with Gasteiger partial charge in [0.25, 0.3) is 0 Å². The van der Waals surface area contributed by atoms with Gasteiger partial charge in [-0.1, -0.05) is 23.7 Å². The minimum Gasteiger partial charge on any atom is -0.381 e. The van der Waals surface area contributed by atoms with Gasteiger partial charge < -0.3 is 10.6 Å². The molecule has 0 aliphatic heterocycles. The van der Waals surface area contributed by atoms with Crippen LogP contribution in [-0.4, -0.2) is 5.91 Å². The van der Waals surface area contributed by atoms with E-state index in [2.05, 4.69) is 10.6 Å². The Balaban J connectivity index is 1.98. The maximum Gasteiger partial charge on any atom is 0.221 e. The van der Waals surface area contributed by atoms with E-state index in [4.69, 9.17) is 11.6 Å². The van der Waals surface area contributed by atoms with Gasteiger partial charge in [-0.15, -0.1) is 0 Å². The van der Waals surface area contributed by atoms with Crippen molar-refractivity contribution in [1.82, 2.24) is 0 Å². The van der Waals surface area contributed by atoms with Gasteiger partial charge in [0.2, 0.25) is 5.91 Å². The standard InChI is InChI=1S/C16H17ClN2O/c1-11-3-4-13(16(17)9-11)10-18-14-5-7-15(8-6-14)19-12(2)20/h3-9,18H,10H2,1-2H3,(H,19,20). The number of halogens is 1. The van der Waals surface area contributed by atoms with Crippen LogP contribution in [0.25, 0.3) is 0 Å². The van der Waals surface area contributed by atoms with Crippen LogP contribution in [0.4, 0.5) is 11.4 Å². The Kier molecular flexibility index (Phi) is 4.64. The molecule has 20 heavy (non-hydrogen) atoms. The van der Waals surface area contributed by atoms with Gasteiger partial charge in [0.05, 0.1) is 0 Å². The van der Waals surface area contributed by atoms with Crippen LogP contribution >= 0.6 is 11.6 Å². The van der Waals surface area contributed by atoms with E-state index in [0.717, 1.165) is 27.5 Å². The number of carbonyl (C=O) groups excluding carboxylic acids is 1. The molecule has 4 heteroatoms. The first-order chi connectivity index (χ1) is 9.54. The van der Waals surface area contributed by atoms with E-state index in [1.807, 2.05) is 49.4 Å². The molecule has 0 aromatic heterocycles. The second kappa shape index (κ2) is 6.44. The lowest BCUT2D eigenvalue weighted by atomic mass is 10.1. The van der Waals surface area contributed by atoms with Crippen molar-refractivity contribution in [2.45, 2.75) is 20.4 Å². The van der Waals surface area contributed by atoms with E-state index in [9.17, 15) is 4.79 Å². The van der Waals surface area contributed by atoms with Crippen LogP contribution in [-0.2, 0) is 11.3 Å². The summed E-state index contributed by atoms with van der Waals surface area (Å²) in [6, 6.07) is 13.6. The summed E-state index contributed by atoms with van der Waals surface area (Å²) in [5.41, 5.74) is 3.98. The molecule has 0 aliphatic carbocycles. The fourth-order valence-corrected chi connectivity index (χ4v) is 2.17. The number of hydrogen-bond donors (Lipinski definition) is 2. The number of anilines is 2. The highest BCUT2D eigenvalue weighted by atomic mass is 35.5. The van der Waals surface area contributed by atoms with Crippen molar-refractivity contribution in [3.63, 3.8) is 0 Å². The molecule has 2 aromatic carbocycles. The quantitative estimate of drug-likeness (QED) is 0.884. The van der Waals surface area contributed by atoms with E-state index in [1.54, 1.807) is 0 Å². The lowest BCUT2D eigenvalue weighted by molar-refractivity contribution is -0.114. The largest absolute Gasteiger partial charge is 0.381 e. The van der Waals surface area contributed by atoms with Gasteiger partial charge in [0, 0.05) is 29.9 Å². The topological polar surface area (TPSA) is 41.1 Å². The summed E-state index contributed by atoms with van der Waals surface area (Å²) in [5, 5.41) is 6.81. The van der Waals surface area contributed by atoms with Crippen molar-refractivity contribution in [3.8, 4) is 0 Å². The molecule has 2 rings (SSSR count). The van der Waals surface area contributed by atoms with Crippen molar-refractivity contribution < 1.29 is 4.79 Å². The number of nitrogens with one attached hydrogen (secondary N) is 2.